The first kappa shape index (κ1) is 18.5. The van der Waals surface area contributed by atoms with Crippen molar-refractivity contribution in [1.29, 1.82) is 0 Å². The van der Waals surface area contributed by atoms with Gasteiger partial charge in [-0.25, -0.2) is 19.0 Å². The molecule has 0 radical (unpaired) electrons. The molecule has 0 saturated heterocycles. The molecule has 3 aromatic rings. The Bertz CT molecular complexity index is 961. The molecule has 2 aromatic heterocycles. The van der Waals surface area contributed by atoms with Crippen LogP contribution in [0.2, 0.25) is 0 Å². The molecular formula is C21H24FN5O. The second kappa shape index (κ2) is 8.04. The molecular weight excluding hydrogens is 357 g/mol. The minimum absolute atomic E-state index is 0.0141. The van der Waals surface area contributed by atoms with Gasteiger partial charge in [0.25, 0.3) is 0 Å². The van der Waals surface area contributed by atoms with Crippen LogP contribution in [0.5, 0.6) is 0 Å². The van der Waals surface area contributed by atoms with E-state index in [1.165, 1.54) is 12.1 Å². The van der Waals surface area contributed by atoms with Gasteiger partial charge in [-0.2, -0.15) is 5.10 Å². The fourth-order valence-electron chi connectivity index (χ4n) is 4.03. The van der Waals surface area contributed by atoms with Crippen molar-refractivity contribution in [1.82, 2.24) is 25.1 Å². The van der Waals surface area contributed by atoms with Crippen LogP contribution in [-0.2, 0) is 18.3 Å². The first-order valence-corrected chi connectivity index (χ1v) is 9.75. The van der Waals surface area contributed by atoms with Crippen LogP contribution in [0, 0.1) is 11.7 Å². The molecule has 1 aliphatic rings. The standard InChI is InChI=1S/C21H24FN5O/c1-27-21-20(23-10-11-24-21)19(26-27)16-6-2-15(3-7-16)13-25-18(28)12-14-4-8-17(22)9-5-14/h4-5,8-11,15-16H,2-3,6-7,12-13H2,1H3,(H,25,28). The number of aryl methyl sites for hydroxylation is 1. The molecule has 4 rings (SSSR count). The van der Waals surface area contributed by atoms with E-state index in [2.05, 4.69) is 20.4 Å². The van der Waals surface area contributed by atoms with Crippen LogP contribution in [0.25, 0.3) is 11.2 Å². The number of hydrogen-bond acceptors (Lipinski definition) is 4. The summed E-state index contributed by atoms with van der Waals surface area (Å²) in [6.45, 7) is 0.690. The second-order valence-electron chi connectivity index (χ2n) is 7.56. The summed E-state index contributed by atoms with van der Waals surface area (Å²) in [7, 11) is 1.91. The molecule has 1 N–H and O–H groups in total. The summed E-state index contributed by atoms with van der Waals surface area (Å²) in [6.07, 6.45) is 7.89. The van der Waals surface area contributed by atoms with E-state index in [0.717, 1.165) is 48.1 Å². The molecule has 0 unspecified atom stereocenters. The summed E-state index contributed by atoms with van der Waals surface area (Å²) < 4.78 is 14.7. The van der Waals surface area contributed by atoms with Crippen molar-refractivity contribution >= 4 is 17.1 Å². The van der Waals surface area contributed by atoms with Gasteiger partial charge in [0.05, 0.1) is 12.1 Å². The molecule has 2 heterocycles. The number of hydrogen-bond donors (Lipinski definition) is 1. The van der Waals surface area contributed by atoms with Crippen LogP contribution >= 0.6 is 0 Å². The summed E-state index contributed by atoms with van der Waals surface area (Å²) in [4.78, 5) is 21.0. The molecule has 1 aliphatic carbocycles. The number of nitrogens with one attached hydrogen (secondary N) is 1. The molecule has 6 nitrogen and oxygen atoms in total. The van der Waals surface area contributed by atoms with Crippen LogP contribution < -0.4 is 5.32 Å². The molecule has 146 valence electrons. The molecule has 1 saturated carbocycles. The SMILES string of the molecule is Cn1nc(C2CCC(CNC(=O)Cc3ccc(F)cc3)CC2)c2nccnc21. The lowest BCUT2D eigenvalue weighted by molar-refractivity contribution is -0.120. The summed E-state index contributed by atoms with van der Waals surface area (Å²) in [5, 5.41) is 7.69. The van der Waals surface area contributed by atoms with E-state index in [4.69, 9.17) is 0 Å². The lowest BCUT2D eigenvalue weighted by Crippen LogP contribution is -2.32. The Balaban J connectivity index is 1.28. The Labute approximate surface area is 163 Å². The third-order valence-electron chi connectivity index (χ3n) is 5.59. The van der Waals surface area contributed by atoms with Crippen molar-refractivity contribution < 1.29 is 9.18 Å². The number of rotatable bonds is 5. The molecule has 0 spiro atoms. The highest BCUT2D eigenvalue weighted by Crippen LogP contribution is 2.36. The van der Waals surface area contributed by atoms with Gasteiger partial charge in [0.1, 0.15) is 11.3 Å². The number of amides is 1. The summed E-state index contributed by atoms with van der Waals surface area (Å²) in [5.41, 5.74) is 3.60. The zero-order chi connectivity index (χ0) is 19.5. The van der Waals surface area contributed by atoms with Gasteiger partial charge in [-0.15, -0.1) is 0 Å². The largest absolute Gasteiger partial charge is 0.356 e. The first-order valence-electron chi connectivity index (χ1n) is 9.75. The molecule has 0 atom stereocenters. The predicted molar refractivity (Wildman–Crippen MR) is 104 cm³/mol. The molecule has 0 bridgehead atoms. The summed E-state index contributed by atoms with van der Waals surface area (Å²) >= 11 is 0. The first-order chi connectivity index (χ1) is 13.6. The minimum atomic E-state index is -0.285. The maximum Gasteiger partial charge on any atom is 0.224 e. The van der Waals surface area contributed by atoms with E-state index in [-0.39, 0.29) is 18.1 Å². The van der Waals surface area contributed by atoms with E-state index in [9.17, 15) is 9.18 Å². The number of aromatic nitrogens is 4. The average molecular weight is 381 g/mol. The Kier molecular flexibility index (Phi) is 5.32. The molecule has 1 amide bonds. The Morgan fingerprint density at radius 1 is 1.14 bits per heavy atom. The van der Waals surface area contributed by atoms with E-state index in [1.807, 2.05) is 7.05 Å². The predicted octanol–water partition coefficient (Wildman–Crippen LogP) is 3.14. The molecule has 1 fully saturated rings. The van der Waals surface area contributed by atoms with Gasteiger partial charge in [-0.1, -0.05) is 12.1 Å². The van der Waals surface area contributed by atoms with Crippen molar-refractivity contribution in [2.75, 3.05) is 6.54 Å². The lowest BCUT2D eigenvalue weighted by atomic mass is 9.80. The summed E-state index contributed by atoms with van der Waals surface area (Å²) in [6, 6.07) is 6.07. The number of carbonyl (C=O) groups is 1. The number of halogens is 1. The van der Waals surface area contributed by atoms with Gasteiger partial charge in [-0.3, -0.25) is 4.79 Å². The average Bonchev–Trinajstić information content (AvgIpc) is 3.06. The zero-order valence-corrected chi connectivity index (χ0v) is 15.9. The maximum absolute atomic E-state index is 12.9. The fourth-order valence-corrected chi connectivity index (χ4v) is 4.03. The van der Waals surface area contributed by atoms with Gasteiger partial charge < -0.3 is 5.32 Å². The van der Waals surface area contributed by atoms with Crippen molar-refractivity contribution in [3.05, 3.63) is 53.7 Å². The number of benzene rings is 1. The van der Waals surface area contributed by atoms with Gasteiger partial charge >= 0.3 is 0 Å². The smallest absolute Gasteiger partial charge is 0.224 e. The van der Waals surface area contributed by atoms with E-state index in [1.54, 1.807) is 29.2 Å². The topological polar surface area (TPSA) is 72.7 Å². The van der Waals surface area contributed by atoms with E-state index >= 15 is 0 Å². The molecule has 7 heteroatoms. The molecule has 1 aromatic carbocycles. The minimum Gasteiger partial charge on any atom is -0.356 e. The van der Waals surface area contributed by atoms with E-state index < -0.39 is 0 Å². The van der Waals surface area contributed by atoms with E-state index in [0.29, 0.717) is 18.4 Å². The van der Waals surface area contributed by atoms with Crippen molar-refractivity contribution in [3.8, 4) is 0 Å². The van der Waals surface area contributed by atoms with Crippen molar-refractivity contribution in [2.45, 2.75) is 38.0 Å². The lowest BCUT2D eigenvalue weighted by Gasteiger charge is -2.27. The van der Waals surface area contributed by atoms with Crippen molar-refractivity contribution in [3.63, 3.8) is 0 Å². The monoisotopic (exact) mass is 381 g/mol. The van der Waals surface area contributed by atoms with Gasteiger partial charge in [0.2, 0.25) is 5.91 Å². The quantitative estimate of drug-likeness (QED) is 0.737. The summed E-state index contributed by atoms with van der Waals surface area (Å²) in [5.74, 6) is 0.577. The third kappa shape index (κ3) is 4.03. The van der Waals surface area contributed by atoms with Crippen molar-refractivity contribution in [2.24, 2.45) is 13.0 Å². The Morgan fingerprint density at radius 3 is 2.61 bits per heavy atom. The highest BCUT2D eigenvalue weighted by atomic mass is 19.1. The zero-order valence-electron chi connectivity index (χ0n) is 15.9. The second-order valence-corrected chi connectivity index (χ2v) is 7.56. The van der Waals surface area contributed by atoms with Crippen LogP contribution in [-0.4, -0.2) is 32.2 Å². The van der Waals surface area contributed by atoms with Crippen LogP contribution in [0.15, 0.2) is 36.7 Å². The van der Waals surface area contributed by atoms with Gasteiger partial charge in [-0.05, 0) is 49.3 Å². The number of nitrogens with zero attached hydrogens (tertiary/aromatic N) is 4. The normalized spacial score (nSPS) is 19.6. The van der Waals surface area contributed by atoms with Crippen LogP contribution in [0.4, 0.5) is 4.39 Å². The highest BCUT2D eigenvalue weighted by Gasteiger charge is 2.27. The number of fused-ring (bicyclic) bond motifs is 1. The van der Waals surface area contributed by atoms with Crippen LogP contribution in [0.3, 0.4) is 0 Å². The molecule has 28 heavy (non-hydrogen) atoms. The molecule has 0 aliphatic heterocycles. The fraction of sp³-hybridized carbons (Fsp3) is 0.429. The number of carbonyl (C=O) groups excluding carboxylic acids is 1. The van der Waals surface area contributed by atoms with Gasteiger partial charge in [0, 0.05) is 31.9 Å². The van der Waals surface area contributed by atoms with Gasteiger partial charge in [0.15, 0.2) is 5.65 Å². The Morgan fingerprint density at radius 2 is 1.86 bits per heavy atom. The Hall–Kier alpha value is -2.83. The van der Waals surface area contributed by atoms with Crippen LogP contribution in [0.1, 0.15) is 42.9 Å². The maximum atomic E-state index is 12.9. The highest BCUT2D eigenvalue weighted by molar-refractivity contribution is 5.78. The third-order valence-corrected chi connectivity index (χ3v) is 5.59.